The molecule has 2 aromatic rings. The van der Waals surface area contributed by atoms with Gasteiger partial charge in [-0.25, -0.2) is 0 Å². The van der Waals surface area contributed by atoms with Crippen LogP contribution in [0.5, 0.6) is 0 Å². The molecule has 8 heteroatoms. The molecule has 0 atom stereocenters. The molecule has 1 aromatic heterocycles. The minimum absolute atomic E-state index is 0.0148. The molecule has 0 bridgehead atoms. The quantitative estimate of drug-likeness (QED) is 0.732. The Bertz CT molecular complexity index is 886. The van der Waals surface area contributed by atoms with Crippen molar-refractivity contribution in [1.29, 1.82) is 0 Å². The average Bonchev–Trinajstić information content (AvgIpc) is 2.89. The molecule has 1 saturated heterocycles. The van der Waals surface area contributed by atoms with E-state index in [1.54, 1.807) is 10.6 Å². The lowest BCUT2D eigenvalue weighted by molar-refractivity contribution is -0.133. The first kappa shape index (κ1) is 20.4. The minimum Gasteiger partial charge on any atom is -0.340 e. The molecule has 1 aliphatic heterocycles. The van der Waals surface area contributed by atoms with Crippen LogP contribution in [-0.2, 0) is 17.9 Å². The number of carbonyl (C=O) groups excluding carboxylic acids is 1. The topological polar surface area (TPSA) is 45.6 Å². The third kappa shape index (κ3) is 4.74. The molecule has 0 radical (unpaired) electrons. The molecule has 5 nitrogen and oxygen atoms in total. The first-order valence-corrected chi connectivity index (χ1v) is 10.5. The van der Waals surface area contributed by atoms with Gasteiger partial charge in [-0.2, -0.15) is 0 Å². The van der Waals surface area contributed by atoms with E-state index in [9.17, 15) is 9.59 Å². The van der Waals surface area contributed by atoms with E-state index in [4.69, 9.17) is 23.2 Å². The van der Waals surface area contributed by atoms with Gasteiger partial charge in [0.25, 0.3) is 0 Å². The average molecular weight is 428 g/mol. The third-order valence-corrected chi connectivity index (χ3v) is 6.93. The van der Waals surface area contributed by atoms with Crippen LogP contribution >= 0.6 is 34.5 Å². The summed E-state index contributed by atoms with van der Waals surface area (Å²) < 4.78 is 1.70. The van der Waals surface area contributed by atoms with Crippen molar-refractivity contribution in [2.45, 2.75) is 33.4 Å². The zero-order valence-corrected chi connectivity index (χ0v) is 17.8. The molecule has 27 heavy (non-hydrogen) atoms. The number of aryl methyl sites for hydroxylation is 1. The van der Waals surface area contributed by atoms with Crippen LogP contribution in [0.3, 0.4) is 0 Å². The van der Waals surface area contributed by atoms with E-state index in [1.165, 1.54) is 11.3 Å². The van der Waals surface area contributed by atoms with E-state index in [0.29, 0.717) is 36.1 Å². The second-order valence-electron chi connectivity index (χ2n) is 6.78. The molecule has 146 valence electrons. The molecular weight excluding hydrogens is 405 g/mol. The van der Waals surface area contributed by atoms with Crippen LogP contribution in [0.2, 0.25) is 10.0 Å². The predicted octanol–water partition coefficient (Wildman–Crippen LogP) is 3.57. The van der Waals surface area contributed by atoms with Gasteiger partial charge in [0.15, 0.2) is 0 Å². The van der Waals surface area contributed by atoms with E-state index in [-0.39, 0.29) is 10.8 Å². The van der Waals surface area contributed by atoms with E-state index in [2.05, 4.69) is 4.90 Å². The number of aromatic nitrogens is 1. The Morgan fingerprint density at radius 1 is 1.15 bits per heavy atom. The van der Waals surface area contributed by atoms with Gasteiger partial charge >= 0.3 is 4.87 Å². The first-order chi connectivity index (χ1) is 12.9. The van der Waals surface area contributed by atoms with Gasteiger partial charge in [0, 0.05) is 56.3 Å². The molecule has 1 amide bonds. The molecule has 0 N–H and O–H groups in total. The Balaban J connectivity index is 1.50. The lowest BCUT2D eigenvalue weighted by Gasteiger charge is -2.35. The number of halogens is 2. The molecule has 1 fully saturated rings. The molecule has 1 aromatic carbocycles. The van der Waals surface area contributed by atoms with Crippen molar-refractivity contribution in [3.05, 3.63) is 54.0 Å². The van der Waals surface area contributed by atoms with Crippen LogP contribution < -0.4 is 4.87 Å². The van der Waals surface area contributed by atoms with E-state index < -0.39 is 0 Å². The largest absolute Gasteiger partial charge is 0.340 e. The van der Waals surface area contributed by atoms with Crippen molar-refractivity contribution >= 4 is 40.4 Å². The maximum atomic E-state index is 12.5. The maximum absolute atomic E-state index is 12.5. The standard InChI is InChI=1S/C19H23Cl2N3O2S/c1-13-14(2)27-19(26)24(13)7-6-17(25)23-10-8-22(9-11-23)12-15-4-3-5-16(20)18(15)21/h3-5H,6-12H2,1-2H3. The van der Waals surface area contributed by atoms with Gasteiger partial charge in [-0.15, -0.1) is 0 Å². The van der Waals surface area contributed by atoms with Crippen LogP contribution in [0.25, 0.3) is 0 Å². The Kier molecular flexibility index (Phi) is 6.63. The fourth-order valence-corrected chi connectivity index (χ4v) is 4.52. The van der Waals surface area contributed by atoms with Gasteiger partial charge in [0.05, 0.1) is 10.0 Å². The number of nitrogens with zero attached hydrogens (tertiary/aromatic N) is 3. The van der Waals surface area contributed by atoms with Gasteiger partial charge in [-0.05, 0) is 25.5 Å². The Hall–Kier alpha value is -1.34. The number of rotatable bonds is 5. The molecule has 3 rings (SSSR count). The second-order valence-corrected chi connectivity index (χ2v) is 8.73. The number of thiazole rings is 1. The highest BCUT2D eigenvalue weighted by atomic mass is 35.5. The number of benzene rings is 1. The Labute approximate surface area is 173 Å². The van der Waals surface area contributed by atoms with E-state index in [1.807, 2.05) is 30.9 Å². The summed E-state index contributed by atoms with van der Waals surface area (Å²) in [6.07, 6.45) is 0.358. The Morgan fingerprint density at radius 3 is 2.48 bits per heavy atom. The zero-order chi connectivity index (χ0) is 19.6. The molecule has 0 saturated carbocycles. The van der Waals surface area contributed by atoms with Gasteiger partial charge in [-0.1, -0.05) is 46.7 Å². The molecule has 0 unspecified atom stereocenters. The molecule has 0 aliphatic carbocycles. The van der Waals surface area contributed by atoms with Crippen molar-refractivity contribution in [3.63, 3.8) is 0 Å². The van der Waals surface area contributed by atoms with E-state index >= 15 is 0 Å². The molecule has 1 aliphatic rings. The fraction of sp³-hybridized carbons (Fsp3) is 0.474. The molecule has 2 heterocycles. The lowest BCUT2D eigenvalue weighted by Crippen LogP contribution is -2.48. The van der Waals surface area contributed by atoms with Gasteiger partial charge < -0.3 is 9.47 Å². The summed E-state index contributed by atoms with van der Waals surface area (Å²) in [5, 5.41) is 1.17. The van der Waals surface area contributed by atoms with Crippen molar-refractivity contribution in [1.82, 2.24) is 14.4 Å². The number of carbonyl (C=O) groups is 1. The Morgan fingerprint density at radius 2 is 1.85 bits per heavy atom. The summed E-state index contributed by atoms with van der Waals surface area (Å²) in [6.45, 7) is 8.01. The van der Waals surface area contributed by atoms with Crippen LogP contribution in [0.4, 0.5) is 0 Å². The summed E-state index contributed by atoms with van der Waals surface area (Å²) >= 11 is 13.6. The molecule has 0 spiro atoms. The summed E-state index contributed by atoms with van der Waals surface area (Å²) in [5.41, 5.74) is 1.97. The smallest absolute Gasteiger partial charge is 0.307 e. The number of amides is 1. The summed E-state index contributed by atoms with van der Waals surface area (Å²) in [5.74, 6) is 0.102. The van der Waals surface area contributed by atoms with Gasteiger partial charge in [0.2, 0.25) is 5.91 Å². The van der Waals surface area contributed by atoms with E-state index in [0.717, 1.165) is 35.8 Å². The highest BCUT2D eigenvalue weighted by Crippen LogP contribution is 2.26. The van der Waals surface area contributed by atoms with Gasteiger partial charge in [0.1, 0.15) is 0 Å². The first-order valence-electron chi connectivity index (χ1n) is 8.96. The fourth-order valence-electron chi connectivity index (χ4n) is 3.28. The lowest BCUT2D eigenvalue weighted by atomic mass is 10.2. The number of piperazine rings is 1. The van der Waals surface area contributed by atoms with Crippen molar-refractivity contribution in [3.8, 4) is 0 Å². The highest BCUT2D eigenvalue weighted by Gasteiger charge is 2.22. The highest BCUT2D eigenvalue weighted by molar-refractivity contribution is 7.09. The van der Waals surface area contributed by atoms with Crippen molar-refractivity contribution in [2.24, 2.45) is 0 Å². The summed E-state index contributed by atoms with van der Waals surface area (Å²) in [7, 11) is 0. The third-order valence-electron chi connectivity index (χ3n) is 5.07. The van der Waals surface area contributed by atoms with Crippen molar-refractivity contribution in [2.75, 3.05) is 26.2 Å². The zero-order valence-electron chi connectivity index (χ0n) is 15.5. The second kappa shape index (κ2) is 8.78. The SMILES string of the molecule is Cc1sc(=O)n(CCC(=O)N2CCN(Cc3cccc(Cl)c3Cl)CC2)c1C. The predicted molar refractivity (Wildman–Crippen MR) is 111 cm³/mol. The number of hydrogen-bond acceptors (Lipinski definition) is 4. The maximum Gasteiger partial charge on any atom is 0.307 e. The van der Waals surface area contributed by atoms with Crippen molar-refractivity contribution < 1.29 is 4.79 Å². The molecular formula is C19H23Cl2N3O2S. The monoisotopic (exact) mass is 427 g/mol. The van der Waals surface area contributed by atoms with Crippen LogP contribution in [-0.4, -0.2) is 46.5 Å². The summed E-state index contributed by atoms with van der Waals surface area (Å²) in [6, 6.07) is 5.67. The number of hydrogen-bond donors (Lipinski definition) is 0. The minimum atomic E-state index is 0.0148. The van der Waals surface area contributed by atoms with Crippen LogP contribution in [0.15, 0.2) is 23.0 Å². The van der Waals surface area contributed by atoms with Crippen LogP contribution in [0, 0.1) is 13.8 Å². The van der Waals surface area contributed by atoms with Crippen LogP contribution in [0.1, 0.15) is 22.6 Å². The normalized spacial score (nSPS) is 15.3. The van der Waals surface area contributed by atoms with Gasteiger partial charge in [-0.3, -0.25) is 14.5 Å². The summed E-state index contributed by atoms with van der Waals surface area (Å²) in [4.78, 5) is 29.7.